The Bertz CT molecular complexity index is 2210. The zero-order valence-corrected chi connectivity index (χ0v) is 28.1. The van der Waals surface area contributed by atoms with Crippen LogP contribution in [0.4, 0.5) is 5.69 Å². The van der Waals surface area contributed by atoms with E-state index < -0.39 is 0 Å². The standard InChI is InChI=1S/C41H34N2O6/c1-23-8-7-9-28(18-23)43-39(46)33-17-14-30(21-35(33)40(43)47)48-29-12-10-26(11-13-29)41(4,5)27-19-24(2)36(25(3)20-27)49-31-15-16-32-34(22-31)38(45)42(6)37(32)44/h7-22H,1-6H3. The summed E-state index contributed by atoms with van der Waals surface area (Å²) in [5.41, 5.74) is 6.57. The molecule has 2 aliphatic rings. The molecule has 0 saturated carbocycles. The average Bonchev–Trinajstić information content (AvgIpc) is 3.45. The lowest BCUT2D eigenvalue weighted by Crippen LogP contribution is -2.29. The molecule has 0 bridgehead atoms. The maximum absolute atomic E-state index is 13.3. The third-order valence-corrected chi connectivity index (χ3v) is 9.39. The first-order valence-corrected chi connectivity index (χ1v) is 16.0. The number of carbonyl (C=O) groups is 4. The molecule has 5 aromatic carbocycles. The largest absolute Gasteiger partial charge is 0.457 e. The predicted octanol–water partition coefficient (Wildman–Crippen LogP) is 8.55. The summed E-state index contributed by atoms with van der Waals surface area (Å²) in [4.78, 5) is 53.4. The lowest BCUT2D eigenvalue weighted by Gasteiger charge is -2.28. The Kier molecular flexibility index (Phi) is 7.47. The van der Waals surface area contributed by atoms with Crippen LogP contribution in [0.25, 0.3) is 0 Å². The molecular formula is C41H34N2O6. The predicted molar refractivity (Wildman–Crippen MR) is 186 cm³/mol. The summed E-state index contributed by atoms with van der Waals surface area (Å²) in [5, 5.41) is 0. The second-order valence-electron chi connectivity index (χ2n) is 13.2. The molecule has 0 N–H and O–H groups in total. The van der Waals surface area contributed by atoms with Crippen LogP contribution in [0.3, 0.4) is 0 Å². The molecule has 8 nitrogen and oxygen atoms in total. The van der Waals surface area contributed by atoms with E-state index >= 15 is 0 Å². The highest BCUT2D eigenvalue weighted by Crippen LogP contribution is 2.39. The lowest BCUT2D eigenvalue weighted by atomic mass is 9.77. The number of benzene rings is 5. The summed E-state index contributed by atoms with van der Waals surface area (Å²) in [6, 6.07) is 29.3. The van der Waals surface area contributed by atoms with E-state index in [1.807, 2.05) is 63.2 Å². The summed E-state index contributed by atoms with van der Waals surface area (Å²) >= 11 is 0. The van der Waals surface area contributed by atoms with Crippen LogP contribution >= 0.6 is 0 Å². The molecule has 0 unspecified atom stereocenters. The molecule has 4 amide bonds. The molecule has 5 aromatic rings. The van der Waals surface area contributed by atoms with Crippen molar-refractivity contribution in [3.63, 3.8) is 0 Å². The van der Waals surface area contributed by atoms with Crippen molar-refractivity contribution < 1.29 is 28.7 Å². The van der Waals surface area contributed by atoms with Crippen molar-refractivity contribution in [2.75, 3.05) is 11.9 Å². The molecule has 0 atom stereocenters. The lowest BCUT2D eigenvalue weighted by molar-refractivity contribution is 0.0692. The molecule has 0 aliphatic carbocycles. The molecule has 0 aromatic heterocycles. The highest BCUT2D eigenvalue weighted by molar-refractivity contribution is 6.34. The minimum absolute atomic E-state index is 0.312. The topological polar surface area (TPSA) is 93.2 Å². The molecule has 49 heavy (non-hydrogen) atoms. The van der Waals surface area contributed by atoms with E-state index in [-0.39, 0.29) is 29.0 Å². The van der Waals surface area contributed by atoms with E-state index in [2.05, 4.69) is 26.0 Å². The molecule has 244 valence electrons. The molecule has 2 aliphatic heterocycles. The Hall–Kier alpha value is -6.02. The second-order valence-corrected chi connectivity index (χ2v) is 13.2. The van der Waals surface area contributed by atoms with Gasteiger partial charge in [0.2, 0.25) is 0 Å². The number of nitrogens with zero attached hydrogens (tertiary/aromatic N) is 2. The Balaban J connectivity index is 1.08. The normalized spacial score (nSPS) is 14.0. The number of amides is 4. The van der Waals surface area contributed by atoms with Gasteiger partial charge >= 0.3 is 0 Å². The first-order chi connectivity index (χ1) is 23.3. The van der Waals surface area contributed by atoms with Gasteiger partial charge in [-0.25, -0.2) is 4.90 Å². The summed E-state index contributed by atoms with van der Waals surface area (Å²) in [6.45, 7) is 10.2. The smallest absolute Gasteiger partial charge is 0.266 e. The Labute approximate surface area is 284 Å². The Morgan fingerprint density at radius 2 is 1.06 bits per heavy atom. The van der Waals surface area contributed by atoms with Crippen LogP contribution < -0.4 is 14.4 Å². The van der Waals surface area contributed by atoms with Gasteiger partial charge in [0, 0.05) is 12.5 Å². The summed E-state index contributed by atoms with van der Waals surface area (Å²) < 4.78 is 12.4. The Morgan fingerprint density at radius 3 is 1.69 bits per heavy atom. The van der Waals surface area contributed by atoms with Crippen LogP contribution in [0.2, 0.25) is 0 Å². The van der Waals surface area contributed by atoms with E-state index in [9.17, 15) is 19.2 Å². The number of anilines is 1. The van der Waals surface area contributed by atoms with Crippen LogP contribution in [0.1, 0.15) is 83.1 Å². The van der Waals surface area contributed by atoms with Crippen molar-refractivity contribution in [2.45, 2.75) is 40.0 Å². The minimum Gasteiger partial charge on any atom is -0.457 e. The van der Waals surface area contributed by atoms with Gasteiger partial charge in [-0.05, 0) is 109 Å². The third kappa shape index (κ3) is 5.35. The van der Waals surface area contributed by atoms with Gasteiger partial charge in [0.1, 0.15) is 23.0 Å². The van der Waals surface area contributed by atoms with Gasteiger partial charge in [0.15, 0.2) is 0 Å². The van der Waals surface area contributed by atoms with Crippen LogP contribution in [-0.4, -0.2) is 35.6 Å². The molecular weight excluding hydrogens is 616 g/mol. The van der Waals surface area contributed by atoms with Gasteiger partial charge in [-0.2, -0.15) is 0 Å². The fourth-order valence-electron chi connectivity index (χ4n) is 6.52. The zero-order valence-electron chi connectivity index (χ0n) is 28.1. The van der Waals surface area contributed by atoms with E-state index in [0.717, 1.165) is 32.7 Å². The zero-order chi connectivity index (χ0) is 34.8. The van der Waals surface area contributed by atoms with Gasteiger partial charge in [-0.1, -0.05) is 50.2 Å². The molecule has 2 heterocycles. The maximum atomic E-state index is 13.3. The minimum atomic E-state index is -0.373. The van der Waals surface area contributed by atoms with Gasteiger partial charge in [0.05, 0.1) is 27.9 Å². The van der Waals surface area contributed by atoms with Crippen LogP contribution in [-0.2, 0) is 5.41 Å². The maximum Gasteiger partial charge on any atom is 0.266 e. The van der Waals surface area contributed by atoms with Crippen LogP contribution in [0, 0.1) is 20.8 Å². The van der Waals surface area contributed by atoms with E-state index in [1.165, 1.54) is 11.9 Å². The number of carbonyl (C=O) groups excluding carboxylic acids is 4. The molecule has 0 saturated heterocycles. The van der Waals surface area contributed by atoms with Crippen LogP contribution in [0.15, 0.2) is 97.1 Å². The summed E-state index contributed by atoms with van der Waals surface area (Å²) in [6.07, 6.45) is 0. The van der Waals surface area contributed by atoms with Crippen molar-refractivity contribution in [1.82, 2.24) is 4.90 Å². The second kappa shape index (κ2) is 11.6. The first-order valence-electron chi connectivity index (χ1n) is 16.0. The van der Waals surface area contributed by atoms with Gasteiger partial charge < -0.3 is 9.47 Å². The SMILES string of the molecule is Cc1cccc(N2C(=O)c3ccc(Oc4ccc(C(C)(C)c5cc(C)c(Oc6ccc7c(c6)C(=O)N(C)C7=O)c(C)c5)cc4)cc3C2=O)c1. The van der Waals surface area contributed by atoms with Gasteiger partial charge in [-0.15, -0.1) is 0 Å². The third-order valence-electron chi connectivity index (χ3n) is 9.39. The van der Waals surface area contributed by atoms with Crippen LogP contribution in [0.5, 0.6) is 23.0 Å². The highest BCUT2D eigenvalue weighted by atomic mass is 16.5. The Morgan fingerprint density at radius 1 is 0.531 bits per heavy atom. The van der Waals surface area contributed by atoms with Crippen molar-refractivity contribution in [1.29, 1.82) is 0 Å². The molecule has 7 rings (SSSR count). The van der Waals surface area contributed by atoms with Gasteiger partial charge in [0.25, 0.3) is 23.6 Å². The monoisotopic (exact) mass is 650 g/mol. The average molecular weight is 651 g/mol. The summed E-state index contributed by atoms with van der Waals surface area (Å²) in [7, 11) is 1.47. The molecule has 8 heteroatoms. The number of fused-ring (bicyclic) bond motifs is 2. The van der Waals surface area contributed by atoms with Gasteiger partial charge in [-0.3, -0.25) is 24.1 Å². The fourth-order valence-corrected chi connectivity index (χ4v) is 6.52. The van der Waals surface area contributed by atoms with Crippen molar-refractivity contribution in [3.05, 3.63) is 147 Å². The molecule has 0 radical (unpaired) electrons. The summed E-state index contributed by atoms with van der Waals surface area (Å²) in [5.74, 6) is 0.887. The number of imide groups is 2. The number of aryl methyl sites for hydroxylation is 3. The van der Waals surface area contributed by atoms with Crippen molar-refractivity contribution in [2.24, 2.45) is 0 Å². The first kappa shape index (κ1) is 31.6. The number of rotatable bonds is 7. The highest BCUT2D eigenvalue weighted by Gasteiger charge is 2.37. The van der Waals surface area contributed by atoms with E-state index in [0.29, 0.717) is 50.9 Å². The van der Waals surface area contributed by atoms with E-state index in [1.54, 1.807) is 42.5 Å². The molecule has 0 spiro atoms. The number of hydrogen-bond donors (Lipinski definition) is 0. The number of ether oxygens (including phenoxy) is 2. The van der Waals surface area contributed by atoms with Crippen molar-refractivity contribution in [3.8, 4) is 23.0 Å². The van der Waals surface area contributed by atoms with E-state index in [4.69, 9.17) is 9.47 Å². The fraction of sp³-hybridized carbons (Fsp3) is 0.171. The quantitative estimate of drug-likeness (QED) is 0.164. The number of hydrogen-bond acceptors (Lipinski definition) is 6. The molecule has 0 fully saturated rings. The van der Waals surface area contributed by atoms with Crippen molar-refractivity contribution >= 4 is 29.3 Å².